The Morgan fingerprint density at radius 1 is 1.21 bits per heavy atom. The fourth-order valence-corrected chi connectivity index (χ4v) is 3.30. The van der Waals surface area contributed by atoms with E-state index in [-0.39, 0.29) is 0 Å². The van der Waals surface area contributed by atoms with E-state index in [1.54, 1.807) is 0 Å². The first-order chi connectivity index (χ1) is 9.15. The third-order valence-corrected chi connectivity index (χ3v) is 4.90. The van der Waals surface area contributed by atoms with Crippen LogP contribution in [0.25, 0.3) is 0 Å². The van der Waals surface area contributed by atoms with Crippen LogP contribution >= 0.6 is 0 Å². The minimum atomic E-state index is 0.527. The van der Waals surface area contributed by atoms with Gasteiger partial charge in [-0.3, -0.25) is 4.90 Å². The van der Waals surface area contributed by atoms with E-state index in [9.17, 15) is 0 Å². The van der Waals surface area contributed by atoms with Gasteiger partial charge >= 0.3 is 0 Å². The number of aryl methyl sites for hydroxylation is 1. The van der Waals surface area contributed by atoms with Gasteiger partial charge in [-0.2, -0.15) is 0 Å². The molecule has 19 heavy (non-hydrogen) atoms. The first kappa shape index (κ1) is 13.1. The Morgan fingerprint density at radius 2 is 1.89 bits per heavy atom. The van der Waals surface area contributed by atoms with E-state index in [1.807, 2.05) is 0 Å². The second kappa shape index (κ2) is 5.26. The number of piperazine rings is 1. The Labute approximate surface area is 117 Å². The quantitative estimate of drug-likeness (QED) is 0.896. The van der Waals surface area contributed by atoms with Crippen molar-refractivity contribution in [1.29, 1.82) is 0 Å². The van der Waals surface area contributed by atoms with Gasteiger partial charge in [0.05, 0.1) is 0 Å². The first-order valence-corrected chi connectivity index (χ1v) is 7.71. The number of hydrogen-bond donors (Lipinski definition) is 1. The lowest BCUT2D eigenvalue weighted by molar-refractivity contribution is 0.0924. The SMILES string of the molecule is Cc1ccc(C(C)N2CC(C3CC3)NCC2C)cc1. The van der Waals surface area contributed by atoms with Crippen LogP contribution in [0.1, 0.15) is 43.9 Å². The van der Waals surface area contributed by atoms with Gasteiger partial charge in [0.15, 0.2) is 0 Å². The molecule has 2 aliphatic rings. The summed E-state index contributed by atoms with van der Waals surface area (Å²) in [5.41, 5.74) is 2.80. The maximum absolute atomic E-state index is 3.73. The molecule has 3 unspecified atom stereocenters. The molecule has 0 aromatic heterocycles. The van der Waals surface area contributed by atoms with E-state index in [2.05, 4.69) is 55.3 Å². The normalized spacial score (nSPS) is 30.3. The Hall–Kier alpha value is -0.860. The fraction of sp³-hybridized carbons (Fsp3) is 0.647. The van der Waals surface area contributed by atoms with E-state index in [0.717, 1.165) is 18.5 Å². The highest BCUT2D eigenvalue weighted by atomic mass is 15.3. The largest absolute Gasteiger partial charge is 0.311 e. The fourth-order valence-electron chi connectivity index (χ4n) is 3.30. The summed E-state index contributed by atoms with van der Waals surface area (Å²) in [7, 11) is 0. The molecule has 1 saturated carbocycles. The van der Waals surface area contributed by atoms with Crippen LogP contribution in [-0.2, 0) is 0 Å². The molecule has 0 amide bonds. The molecule has 1 aliphatic carbocycles. The minimum absolute atomic E-state index is 0.527. The highest BCUT2D eigenvalue weighted by Crippen LogP contribution is 2.36. The predicted molar refractivity (Wildman–Crippen MR) is 80.3 cm³/mol. The second-order valence-electron chi connectivity index (χ2n) is 6.48. The van der Waals surface area contributed by atoms with Gasteiger partial charge in [-0.1, -0.05) is 29.8 Å². The minimum Gasteiger partial charge on any atom is -0.311 e. The second-order valence-corrected chi connectivity index (χ2v) is 6.48. The van der Waals surface area contributed by atoms with Crippen molar-refractivity contribution >= 4 is 0 Å². The van der Waals surface area contributed by atoms with Crippen molar-refractivity contribution < 1.29 is 0 Å². The average Bonchev–Trinajstić information content (AvgIpc) is 3.24. The summed E-state index contributed by atoms with van der Waals surface area (Å²) >= 11 is 0. The number of nitrogens with zero attached hydrogens (tertiary/aromatic N) is 1. The van der Waals surface area contributed by atoms with Crippen molar-refractivity contribution in [2.45, 2.75) is 51.7 Å². The Morgan fingerprint density at radius 3 is 2.53 bits per heavy atom. The van der Waals surface area contributed by atoms with Crippen molar-refractivity contribution in [2.24, 2.45) is 5.92 Å². The summed E-state index contributed by atoms with van der Waals surface area (Å²) in [5, 5.41) is 3.73. The molecule has 0 spiro atoms. The molecule has 104 valence electrons. The monoisotopic (exact) mass is 258 g/mol. The van der Waals surface area contributed by atoms with Gasteiger partial charge in [-0.25, -0.2) is 0 Å². The smallest absolute Gasteiger partial charge is 0.0323 e. The van der Waals surface area contributed by atoms with Crippen molar-refractivity contribution in [3.8, 4) is 0 Å². The van der Waals surface area contributed by atoms with Crippen LogP contribution in [0.3, 0.4) is 0 Å². The number of nitrogens with one attached hydrogen (secondary N) is 1. The van der Waals surface area contributed by atoms with Crippen LogP contribution in [-0.4, -0.2) is 30.1 Å². The molecule has 1 heterocycles. The molecule has 0 radical (unpaired) electrons. The van der Waals surface area contributed by atoms with Crippen molar-refractivity contribution in [1.82, 2.24) is 10.2 Å². The molecule has 2 heteroatoms. The van der Waals surface area contributed by atoms with Crippen molar-refractivity contribution in [3.63, 3.8) is 0 Å². The molecule has 1 N–H and O–H groups in total. The molecule has 2 fully saturated rings. The van der Waals surface area contributed by atoms with E-state index in [4.69, 9.17) is 0 Å². The van der Waals surface area contributed by atoms with E-state index in [1.165, 1.54) is 30.5 Å². The summed E-state index contributed by atoms with van der Waals surface area (Å²) in [6.07, 6.45) is 2.86. The molecular weight excluding hydrogens is 232 g/mol. The molecule has 3 atom stereocenters. The standard InChI is InChI=1S/C17H26N2/c1-12-4-6-15(7-5-12)14(3)19-11-17(16-8-9-16)18-10-13(19)2/h4-7,13-14,16-18H,8-11H2,1-3H3. The third kappa shape index (κ3) is 2.85. The molecule has 1 aromatic rings. The molecule has 1 aromatic carbocycles. The van der Waals surface area contributed by atoms with Crippen LogP contribution in [0.4, 0.5) is 0 Å². The Kier molecular flexibility index (Phi) is 3.64. The molecule has 2 nitrogen and oxygen atoms in total. The predicted octanol–water partition coefficient (Wildman–Crippen LogP) is 3.13. The zero-order chi connectivity index (χ0) is 13.4. The molecule has 1 saturated heterocycles. The highest BCUT2D eigenvalue weighted by molar-refractivity contribution is 5.24. The van der Waals surface area contributed by atoms with Crippen LogP contribution < -0.4 is 5.32 Å². The molecular formula is C17H26N2. The topological polar surface area (TPSA) is 15.3 Å². The van der Waals surface area contributed by atoms with E-state index >= 15 is 0 Å². The maximum Gasteiger partial charge on any atom is 0.0323 e. The molecule has 3 rings (SSSR count). The lowest BCUT2D eigenvalue weighted by atomic mass is 9.99. The van der Waals surface area contributed by atoms with Gasteiger partial charge in [0.2, 0.25) is 0 Å². The van der Waals surface area contributed by atoms with Gasteiger partial charge in [0.1, 0.15) is 0 Å². The van der Waals surface area contributed by atoms with Crippen LogP contribution in [0.15, 0.2) is 24.3 Å². The highest BCUT2D eigenvalue weighted by Gasteiger charge is 2.37. The summed E-state index contributed by atoms with van der Waals surface area (Å²) in [5.74, 6) is 0.945. The lowest BCUT2D eigenvalue weighted by Gasteiger charge is -2.42. The number of hydrogen-bond acceptors (Lipinski definition) is 2. The molecule has 1 aliphatic heterocycles. The maximum atomic E-state index is 3.73. The van der Waals surface area contributed by atoms with E-state index in [0.29, 0.717) is 12.1 Å². The van der Waals surface area contributed by atoms with Gasteiger partial charge in [0, 0.05) is 31.2 Å². The first-order valence-electron chi connectivity index (χ1n) is 7.71. The summed E-state index contributed by atoms with van der Waals surface area (Å²) < 4.78 is 0. The summed E-state index contributed by atoms with van der Waals surface area (Å²) in [6, 6.07) is 10.9. The van der Waals surface area contributed by atoms with Crippen LogP contribution in [0.5, 0.6) is 0 Å². The van der Waals surface area contributed by atoms with Gasteiger partial charge in [-0.15, -0.1) is 0 Å². The van der Waals surface area contributed by atoms with Gasteiger partial charge in [-0.05, 0) is 45.1 Å². The lowest BCUT2D eigenvalue weighted by Crippen LogP contribution is -2.56. The zero-order valence-electron chi connectivity index (χ0n) is 12.4. The third-order valence-electron chi connectivity index (χ3n) is 4.90. The Balaban J connectivity index is 1.72. The molecule has 0 bridgehead atoms. The van der Waals surface area contributed by atoms with Gasteiger partial charge < -0.3 is 5.32 Å². The van der Waals surface area contributed by atoms with Crippen molar-refractivity contribution in [3.05, 3.63) is 35.4 Å². The van der Waals surface area contributed by atoms with Crippen LogP contribution in [0, 0.1) is 12.8 Å². The summed E-state index contributed by atoms with van der Waals surface area (Å²) in [6.45, 7) is 9.21. The van der Waals surface area contributed by atoms with E-state index < -0.39 is 0 Å². The van der Waals surface area contributed by atoms with Crippen LogP contribution in [0.2, 0.25) is 0 Å². The average molecular weight is 258 g/mol. The van der Waals surface area contributed by atoms with Gasteiger partial charge in [0.25, 0.3) is 0 Å². The summed E-state index contributed by atoms with van der Waals surface area (Å²) in [4.78, 5) is 2.68. The number of benzene rings is 1. The Bertz CT molecular complexity index is 421. The van der Waals surface area contributed by atoms with Crippen molar-refractivity contribution in [2.75, 3.05) is 13.1 Å². The zero-order valence-corrected chi connectivity index (χ0v) is 12.4. The number of rotatable bonds is 3.